The molecule has 0 aliphatic carbocycles. The molecule has 0 saturated carbocycles. The van der Waals surface area contributed by atoms with Gasteiger partial charge in [-0.3, -0.25) is 4.90 Å². The highest BCUT2D eigenvalue weighted by Gasteiger charge is 2.18. The fourth-order valence-electron chi connectivity index (χ4n) is 1.54. The molecule has 1 aliphatic rings. The fourth-order valence-corrected chi connectivity index (χ4v) is 2.23. The van der Waals surface area contributed by atoms with E-state index in [0.29, 0.717) is 6.04 Å². The highest BCUT2D eigenvalue weighted by Crippen LogP contribution is 2.20. The summed E-state index contributed by atoms with van der Waals surface area (Å²) in [6.07, 6.45) is 1.43. The van der Waals surface area contributed by atoms with Crippen LogP contribution in [-0.4, -0.2) is 49.1 Å². The summed E-state index contributed by atoms with van der Waals surface area (Å²) in [5.74, 6) is 0.745. The summed E-state index contributed by atoms with van der Waals surface area (Å²) in [4.78, 5) is 3.62. The van der Waals surface area contributed by atoms with Gasteiger partial charge < -0.3 is 10.7 Å². The third kappa shape index (κ3) is 3.44. The summed E-state index contributed by atoms with van der Waals surface area (Å²) in [5, 5.41) is 10.3. The van der Waals surface area contributed by atoms with Crippen molar-refractivity contribution >= 4 is 18.0 Å². The molecule has 0 aromatic carbocycles. The van der Waals surface area contributed by atoms with Crippen LogP contribution in [0.5, 0.6) is 0 Å². The maximum absolute atomic E-state index is 6.97. The summed E-state index contributed by atoms with van der Waals surface area (Å²) < 4.78 is 0. The monoisotopic (exact) mass is 213 g/mol. The van der Waals surface area contributed by atoms with Crippen LogP contribution in [0.25, 0.3) is 0 Å². The Balaban J connectivity index is 2.33. The van der Waals surface area contributed by atoms with Crippen molar-refractivity contribution < 1.29 is 0 Å². The molecular formula is C10H19N3S. The average molecular weight is 213 g/mol. The normalized spacial score (nSPS) is 20.4. The van der Waals surface area contributed by atoms with Crippen LogP contribution >= 0.6 is 11.8 Å². The molecule has 4 heteroatoms. The van der Waals surface area contributed by atoms with Crippen molar-refractivity contribution in [2.75, 3.05) is 31.9 Å². The maximum atomic E-state index is 6.97. The Morgan fingerprint density at radius 2 is 2.29 bits per heavy atom. The molecule has 0 spiro atoms. The van der Waals surface area contributed by atoms with Crippen LogP contribution in [0.2, 0.25) is 0 Å². The van der Waals surface area contributed by atoms with Crippen LogP contribution in [0, 0.1) is 5.41 Å². The lowest BCUT2D eigenvalue weighted by atomic mass is 10.2. The third-order valence-electron chi connectivity index (χ3n) is 2.52. The van der Waals surface area contributed by atoms with Crippen molar-refractivity contribution in [3.05, 3.63) is 11.5 Å². The van der Waals surface area contributed by atoms with Crippen molar-refractivity contribution in [2.24, 2.45) is 0 Å². The zero-order chi connectivity index (χ0) is 10.4. The molecule has 1 atom stereocenters. The van der Waals surface area contributed by atoms with E-state index in [1.807, 2.05) is 0 Å². The summed E-state index contributed by atoms with van der Waals surface area (Å²) >= 11 is 1.68. The number of nitrogens with zero attached hydrogens (tertiary/aromatic N) is 1. The van der Waals surface area contributed by atoms with Gasteiger partial charge >= 0.3 is 0 Å². The Kier molecular flexibility index (Phi) is 5.22. The van der Waals surface area contributed by atoms with E-state index in [0.717, 1.165) is 31.9 Å². The molecule has 80 valence electrons. The van der Waals surface area contributed by atoms with Crippen LogP contribution < -0.4 is 5.32 Å². The molecule has 1 fully saturated rings. The lowest BCUT2D eigenvalue weighted by Crippen LogP contribution is -2.47. The SMILES string of the molecule is C=C(SCC=N)C(C)N1CCNCC1. The standard InChI is InChI=1S/C10H19N3S/c1-9(10(2)14-8-3-11)13-6-4-12-5-7-13/h3,9,11-12H,2,4-8H2,1H3. The first-order valence-corrected chi connectivity index (χ1v) is 5.99. The van der Waals surface area contributed by atoms with Crippen molar-refractivity contribution in [1.29, 1.82) is 5.41 Å². The summed E-state index contributed by atoms with van der Waals surface area (Å²) in [6, 6.07) is 0.432. The second kappa shape index (κ2) is 6.22. The molecule has 0 radical (unpaired) electrons. The second-order valence-corrected chi connectivity index (χ2v) is 4.59. The number of hydrogen-bond donors (Lipinski definition) is 2. The molecule has 2 N–H and O–H groups in total. The van der Waals surface area contributed by atoms with Gasteiger partial charge in [0.2, 0.25) is 0 Å². The minimum Gasteiger partial charge on any atom is -0.314 e. The topological polar surface area (TPSA) is 39.1 Å². The Morgan fingerprint density at radius 1 is 1.64 bits per heavy atom. The quantitative estimate of drug-likeness (QED) is 0.674. The minimum atomic E-state index is 0.432. The van der Waals surface area contributed by atoms with Crippen molar-refractivity contribution in [1.82, 2.24) is 10.2 Å². The molecule has 3 nitrogen and oxygen atoms in total. The van der Waals surface area contributed by atoms with Gasteiger partial charge in [-0.2, -0.15) is 0 Å². The summed E-state index contributed by atoms with van der Waals surface area (Å²) in [7, 11) is 0. The molecule has 1 unspecified atom stereocenters. The lowest BCUT2D eigenvalue weighted by molar-refractivity contribution is 0.210. The molecule has 0 aromatic heterocycles. The van der Waals surface area contributed by atoms with E-state index in [-0.39, 0.29) is 0 Å². The van der Waals surface area contributed by atoms with Gasteiger partial charge in [0.1, 0.15) is 0 Å². The highest BCUT2D eigenvalue weighted by atomic mass is 32.2. The third-order valence-corrected chi connectivity index (χ3v) is 3.56. The number of nitrogens with one attached hydrogen (secondary N) is 2. The highest BCUT2D eigenvalue weighted by molar-refractivity contribution is 8.03. The van der Waals surface area contributed by atoms with Gasteiger partial charge in [-0.05, 0) is 11.8 Å². The van der Waals surface area contributed by atoms with Gasteiger partial charge in [0, 0.05) is 44.2 Å². The van der Waals surface area contributed by atoms with Gasteiger partial charge in [0.15, 0.2) is 0 Å². The zero-order valence-corrected chi connectivity index (χ0v) is 9.57. The van der Waals surface area contributed by atoms with Gasteiger partial charge in [-0.1, -0.05) is 6.58 Å². The van der Waals surface area contributed by atoms with Crippen LogP contribution in [0.4, 0.5) is 0 Å². The van der Waals surface area contributed by atoms with Gasteiger partial charge in [-0.15, -0.1) is 11.8 Å². The molecule has 0 amide bonds. The Morgan fingerprint density at radius 3 is 2.86 bits per heavy atom. The van der Waals surface area contributed by atoms with Crippen molar-refractivity contribution in [2.45, 2.75) is 13.0 Å². The predicted molar refractivity (Wildman–Crippen MR) is 64.3 cm³/mol. The molecule has 1 rings (SSSR count). The number of thioether (sulfide) groups is 1. The van der Waals surface area contributed by atoms with E-state index in [2.05, 4.69) is 23.7 Å². The van der Waals surface area contributed by atoms with Crippen LogP contribution in [0.15, 0.2) is 11.5 Å². The second-order valence-electron chi connectivity index (χ2n) is 3.44. The maximum Gasteiger partial charge on any atom is 0.0374 e. The van der Waals surface area contributed by atoms with Gasteiger partial charge in [0.05, 0.1) is 0 Å². The van der Waals surface area contributed by atoms with E-state index in [1.165, 1.54) is 11.1 Å². The number of piperazine rings is 1. The van der Waals surface area contributed by atoms with E-state index in [9.17, 15) is 0 Å². The van der Waals surface area contributed by atoms with E-state index in [1.54, 1.807) is 11.8 Å². The molecule has 14 heavy (non-hydrogen) atoms. The van der Waals surface area contributed by atoms with Crippen molar-refractivity contribution in [3.63, 3.8) is 0 Å². The average Bonchev–Trinajstić information content (AvgIpc) is 2.26. The largest absolute Gasteiger partial charge is 0.314 e. The van der Waals surface area contributed by atoms with E-state index < -0.39 is 0 Å². The van der Waals surface area contributed by atoms with Gasteiger partial charge in [-0.25, -0.2) is 0 Å². The Hall–Kier alpha value is -0.320. The van der Waals surface area contributed by atoms with E-state index in [4.69, 9.17) is 5.41 Å². The Labute approximate surface area is 90.4 Å². The van der Waals surface area contributed by atoms with Crippen LogP contribution in [0.1, 0.15) is 6.92 Å². The smallest absolute Gasteiger partial charge is 0.0374 e. The predicted octanol–water partition coefficient (Wildman–Crippen LogP) is 1.18. The first-order valence-electron chi connectivity index (χ1n) is 5.01. The molecule has 0 bridgehead atoms. The fraction of sp³-hybridized carbons (Fsp3) is 0.700. The Bertz CT molecular complexity index is 200. The first kappa shape index (κ1) is 11.8. The van der Waals surface area contributed by atoms with E-state index >= 15 is 0 Å². The minimum absolute atomic E-state index is 0.432. The summed E-state index contributed by atoms with van der Waals surface area (Å²) in [6.45, 7) is 10.6. The molecule has 1 aliphatic heterocycles. The molecule has 0 aromatic rings. The van der Waals surface area contributed by atoms with Crippen LogP contribution in [0.3, 0.4) is 0 Å². The molecular weight excluding hydrogens is 194 g/mol. The number of hydrogen-bond acceptors (Lipinski definition) is 4. The summed E-state index contributed by atoms with van der Waals surface area (Å²) in [5.41, 5.74) is 0. The van der Waals surface area contributed by atoms with Crippen molar-refractivity contribution in [3.8, 4) is 0 Å². The van der Waals surface area contributed by atoms with Crippen LogP contribution in [-0.2, 0) is 0 Å². The molecule has 1 heterocycles. The molecule has 1 saturated heterocycles. The van der Waals surface area contributed by atoms with Gasteiger partial charge in [0.25, 0.3) is 0 Å². The lowest BCUT2D eigenvalue weighted by Gasteiger charge is -2.33. The number of rotatable bonds is 5. The first-order chi connectivity index (χ1) is 6.75. The zero-order valence-electron chi connectivity index (χ0n) is 8.75.